The molecule has 318 valence electrons. The fraction of sp³-hybridized carbons (Fsp3) is 0.884. The summed E-state index contributed by atoms with van der Waals surface area (Å²) in [4.78, 5) is 11.6. The average Bonchev–Trinajstić information content (AvgIpc) is 3.73. The molecule has 17 unspecified atom stereocenters. The van der Waals surface area contributed by atoms with E-state index in [9.17, 15) is 30.3 Å². The van der Waals surface area contributed by atoms with Gasteiger partial charge in [-0.2, -0.15) is 0 Å². The number of ether oxygens (including phenoxy) is 7. The van der Waals surface area contributed by atoms with Crippen molar-refractivity contribution in [1.29, 1.82) is 0 Å². The summed E-state index contributed by atoms with van der Waals surface area (Å²) in [6, 6.07) is 0. The van der Waals surface area contributed by atoms with E-state index < -0.39 is 60.2 Å². The molecule has 18 atom stereocenters. The lowest BCUT2D eigenvalue weighted by molar-refractivity contribution is -0.309. The molecular formula is C43H68O13. The van der Waals surface area contributed by atoms with E-state index in [1.165, 1.54) is 32.1 Å². The van der Waals surface area contributed by atoms with Gasteiger partial charge in [0, 0.05) is 37.9 Å². The SMILES string of the molecule is C#C.CC12CCCCC1CCC1C2CC(O)C2(C)C(C3=CC(=O)OC3)CCC12O.COC1CCC(OC2CC(O)C(OC3C[C@H](O)C(O)C(C)O3)CO2)C(C)O1. The summed E-state index contributed by atoms with van der Waals surface area (Å²) in [6.07, 6.45) is 15.5. The minimum atomic E-state index is -0.937. The minimum Gasteiger partial charge on any atom is -0.458 e. The van der Waals surface area contributed by atoms with E-state index in [1.54, 1.807) is 20.1 Å². The van der Waals surface area contributed by atoms with E-state index in [0.717, 1.165) is 50.0 Å². The van der Waals surface area contributed by atoms with Gasteiger partial charge < -0.3 is 58.7 Å². The van der Waals surface area contributed by atoms with Crippen molar-refractivity contribution in [3.63, 3.8) is 0 Å². The van der Waals surface area contributed by atoms with Crippen LogP contribution in [0.2, 0.25) is 0 Å². The number of hydrogen-bond donors (Lipinski definition) is 5. The Morgan fingerprint density at radius 1 is 0.786 bits per heavy atom. The zero-order valence-electron chi connectivity index (χ0n) is 34.0. The van der Waals surface area contributed by atoms with E-state index in [4.69, 9.17) is 33.2 Å². The number of carbonyl (C=O) groups excluding carboxylic acids is 1. The van der Waals surface area contributed by atoms with Crippen molar-refractivity contribution < 1.29 is 63.5 Å². The monoisotopic (exact) mass is 792 g/mol. The summed E-state index contributed by atoms with van der Waals surface area (Å²) in [7, 11) is 1.62. The number of carbonyl (C=O) groups is 1. The lowest BCUT2D eigenvalue weighted by Gasteiger charge is -2.64. The normalized spacial score (nSPS) is 50.0. The zero-order valence-corrected chi connectivity index (χ0v) is 34.0. The van der Waals surface area contributed by atoms with Crippen LogP contribution >= 0.6 is 0 Å². The fourth-order valence-corrected chi connectivity index (χ4v) is 12.2. The standard InChI is InChI=1S/C23H34O4.C18H32O9.C2H2/c1-21-9-4-3-5-15(21)6-7-17-18(21)12-19(24)22(2)16(8-10-23(17,22)26)14-11-20(25)27-13-14;1-9-13(4-5-15(22-3)24-9)26-16-6-11(19)14(8-23-16)27-17-7-12(20)18(21)10(2)25-17;1-2/h11,15-19,24,26H,3-10,12-13H2,1-2H3;9-21H,4-8H2,1-3H3;1-2H/t;9?,10?,11?,12-,13?,14?,15?,16?,17?,18?;/m.0./s1. The number of terminal acetylenes is 1. The van der Waals surface area contributed by atoms with Gasteiger partial charge in [-0.15, -0.1) is 12.8 Å². The first kappa shape index (κ1) is 43.9. The number of rotatable bonds is 6. The Morgan fingerprint density at radius 2 is 1.50 bits per heavy atom. The Hall–Kier alpha value is -1.67. The molecule has 0 aromatic heterocycles. The second kappa shape index (κ2) is 17.9. The van der Waals surface area contributed by atoms with Gasteiger partial charge in [0.25, 0.3) is 0 Å². The molecule has 13 nitrogen and oxygen atoms in total. The summed E-state index contributed by atoms with van der Waals surface area (Å²) >= 11 is 0. The average molecular weight is 793 g/mol. The minimum absolute atomic E-state index is 0.0433. The van der Waals surface area contributed by atoms with Gasteiger partial charge in [0.2, 0.25) is 0 Å². The molecule has 56 heavy (non-hydrogen) atoms. The van der Waals surface area contributed by atoms with Gasteiger partial charge in [0.15, 0.2) is 18.9 Å². The van der Waals surface area contributed by atoms with E-state index in [1.807, 2.05) is 6.92 Å². The molecule has 7 fully saturated rings. The topological polar surface area (TPSA) is 183 Å². The number of aliphatic hydroxyl groups is 5. The van der Waals surface area contributed by atoms with Crippen LogP contribution in [0.4, 0.5) is 0 Å². The summed E-state index contributed by atoms with van der Waals surface area (Å²) < 4.78 is 39.1. The van der Waals surface area contributed by atoms with Gasteiger partial charge >= 0.3 is 5.97 Å². The largest absolute Gasteiger partial charge is 0.458 e. The van der Waals surface area contributed by atoms with Gasteiger partial charge in [-0.3, -0.25) is 0 Å². The number of methoxy groups -OCH3 is 1. The Balaban J connectivity index is 0.000000182. The van der Waals surface area contributed by atoms with Gasteiger partial charge in [0.1, 0.15) is 18.8 Å². The molecular weight excluding hydrogens is 724 g/mol. The molecule has 8 aliphatic rings. The third-order valence-electron chi connectivity index (χ3n) is 15.5. The van der Waals surface area contributed by atoms with Crippen molar-refractivity contribution in [2.24, 2.45) is 34.5 Å². The van der Waals surface area contributed by atoms with Gasteiger partial charge in [-0.1, -0.05) is 26.7 Å². The molecule has 0 radical (unpaired) electrons. The highest BCUT2D eigenvalue weighted by Gasteiger charge is 2.70. The van der Waals surface area contributed by atoms with Crippen LogP contribution in [0, 0.1) is 47.3 Å². The lowest BCUT2D eigenvalue weighted by atomic mass is 9.42. The molecule has 0 bridgehead atoms. The second-order valence-corrected chi connectivity index (χ2v) is 18.2. The van der Waals surface area contributed by atoms with Gasteiger partial charge in [0.05, 0.1) is 48.8 Å². The number of cyclic esters (lactones) is 1. The van der Waals surface area contributed by atoms with Crippen molar-refractivity contribution in [3.8, 4) is 12.8 Å². The van der Waals surface area contributed by atoms with Crippen molar-refractivity contribution in [2.75, 3.05) is 20.3 Å². The third kappa shape index (κ3) is 8.24. The Morgan fingerprint density at radius 3 is 2.16 bits per heavy atom. The molecule has 0 aromatic rings. The Labute approximate surface area is 332 Å². The van der Waals surface area contributed by atoms with Crippen LogP contribution in [0.3, 0.4) is 0 Å². The van der Waals surface area contributed by atoms with Gasteiger partial charge in [-0.05, 0) is 99.9 Å². The maximum absolute atomic E-state index is 12.1. The second-order valence-electron chi connectivity index (χ2n) is 18.2. The first-order chi connectivity index (χ1) is 26.7. The Kier molecular flexibility index (Phi) is 14.0. The third-order valence-corrected chi connectivity index (χ3v) is 15.5. The molecule has 4 saturated carbocycles. The number of aliphatic hydroxyl groups excluding tert-OH is 4. The molecule has 0 aromatic carbocycles. The fourth-order valence-electron chi connectivity index (χ4n) is 12.2. The summed E-state index contributed by atoms with van der Waals surface area (Å²) in [5.41, 5.74) is -0.166. The van der Waals surface area contributed by atoms with Crippen LogP contribution < -0.4 is 0 Å². The lowest BCUT2D eigenvalue weighted by Crippen LogP contribution is -2.66. The van der Waals surface area contributed by atoms with Crippen LogP contribution in [0.5, 0.6) is 0 Å². The maximum atomic E-state index is 12.1. The van der Waals surface area contributed by atoms with Crippen molar-refractivity contribution in [3.05, 3.63) is 11.6 Å². The van der Waals surface area contributed by atoms with Crippen LogP contribution in [0.15, 0.2) is 11.6 Å². The van der Waals surface area contributed by atoms with Crippen LogP contribution in [0.1, 0.15) is 111 Å². The molecule has 5 N–H and O–H groups in total. The quantitative estimate of drug-likeness (QED) is 0.194. The van der Waals surface area contributed by atoms with Crippen LogP contribution in [-0.2, 0) is 38.0 Å². The number of hydrogen-bond acceptors (Lipinski definition) is 13. The zero-order chi connectivity index (χ0) is 40.6. The summed E-state index contributed by atoms with van der Waals surface area (Å²) in [5, 5.41) is 53.6. The number of fused-ring (bicyclic) bond motifs is 5. The van der Waals surface area contributed by atoms with Crippen molar-refractivity contribution in [2.45, 2.75) is 184 Å². The summed E-state index contributed by atoms with van der Waals surface area (Å²) in [6.45, 7) is 8.62. The van der Waals surface area contributed by atoms with E-state index in [0.29, 0.717) is 12.5 Å². The first-order valence-corrected chi connectivity index (χ1v) is 21.1. The van der Waals surface area contributed by atoms with E-state index >= 15 is 0 Å². The van der Waals surface area contributed by atoms with Gasteiger partial charge in [-0.25, -0.2) is 4.79 Å². The summed E-state index contributed by atoms with van der Waals surface area (Å²) in [5.74, 6) is 1.21. The van der Waals surface area contributed by atoms with Crippen LogP contribution in [-0.4, -0.2) is 125 Å². The number of esters is 1. The molecule has 3 saturated heterocycles. The van der Waals surface area contributed by atoms with E-state index in [2.05, 4.69) is 26.7 Å². The first-order valence-electron chi connectivity index (χ1n) is 21.1. The highest BCUT2D eigenvalue weighted by atomic mass is 16.7. The Bertz CT molecular complexity index is 1380. The maximum Gasteiger partial charge on any atom is 0.331 e. The van der Waals surface area contributed by atoms with E-state index in [-0.39, 0.29) is 61.2 Å². The molecule has 0 spiro atoms. The molecule has 8 rings (SSSR count). The predicted molar refractivity (Wildman–Crippen MR) is 203 cm³/mol. The molecule has 0 amide bonds. The molecule has 4 aliphatic carbocycles. The highest BCUT2D eigenvalue weighted by Crippen LogP contribution is 2.69. The molecule has 13 heteroatoms. The molecule has 4 heterocycles. The predicted octanol–water partition coefficient (Wildman–Crippen LogP) is 3.75. The highest BCUT2D eigenvalue weighted by molar-refractivity contribution is 5.85. The van der Waals surface area contributed by atoms with Crippen molar-refractivity contribution in [1.82, 2.24) is 0 Å². The molecule has 4 aliphatic heterocycles. The van der Waals surface area contributed by atoms with Crippen LogP contribution in [0.25, 0.3) is 0 Å². The van der Waals surface area contributed by atoms with Crippen molar-refractivity contribution >= 4 is 5.97 Å². The smallest absolute Gasteiger partial charge is 0.331 e.